The Morgan fingerprint density at radius 3 is 2.94 bits per heavy atom. The summed E-state index contributed by atoms with van der Waals surface area (Å²) in [5, 5.41) is 6.00. The van der Waals surface area contributed by atoms with Crippen LogP contribution in [0.5, 0.6) is 5.88 Å². The molecule has 0 unspecified atom stereocenters. The van der Waals surface area contributed by atoms with Crippen LogP contribution in [0, 0.1) is 0 Å². The first-order valence-corrected chi connectivity index (χ1v) is 6.48. The summed E-state index contributed by atoms with van der Waals surface area (Å²) >= 11 is 1.63. The highest BCUT2D eigenvalue weighted by atomic mass is 32.1. The van der Waals surface area contributed by atoms with E-state index in [4.69, 9.17) is 15.0 Å². The average molecular weight is 252 g/mol. The van der Waals surface area contributed by atoms with Gasteiger partial charge in [-0.05, 0) is 22.5 Å². The third kappa shape index (κ3) is 2.50. The van der Waals surface area contributed by atoms with Gasteiger partial charge in [0.2, 0.25) is 0 Å². The number of rotatable bonds is 5. The van der Waals surface area contributed by atoms with Crippen LogP contribution in [0.25, 0.3) is 10.6 Å². The van der Waals surface area contributed by atoms with E-state index in [1.807, 2.05) is 17.5 Å². The number of nitrogens with zero attached hydrogens (tertiary/aromatic N) is 1. The summed E-state index contributed by atoms with van der Waals surface area (Å²) in [6.07, 6.45) is 0. The number of thiophene rings is 1. The number of nitrogens with two attached hydrogens (primary N) is 1. The fourth-order valence-corrected chi connectivity index (χ4v) is 2.35. The third-order valence-electron chi connectivity index (χ3n) is 2.37. The molecule has 17 heavy (non-hydrogen) atoms. The Hall–Kier alpha value is -1.33. The molecule has 2 N–H and O–H groups in total. The summed E-state index contributed by atoms with van der Waals surface area (Å²) in [6.45, 7) is 5.12. The Morgan fingerprint density at radius 1 is 1.53 bits per heavy atom. The van der Waals surface area contributed by atoms with Crippen molar-refractivity contribution in [3.63, 3.8) is 0 Å². The molecule has 0 spiro atoms. The van der Waals surface area contributed by atoms with Crippen LogP contribution in [0.1, 0.15) is 25.3 Å². The summed E-state index contributed by atoms with van der Waals surface area (Å²) in [4.78, 5) is 1.07. The van der Waals surface area contributed by atoms with Gasteiger partial charge in [0.25, 0.3) is 5.88 Å². The summed E-state index contributed by atoms with van der Waals surface area (Å²) < 4.78 is 10.9. The molecule has 5 heteroatoms. The molecule has 0 radical (unpaired) electrons. The average Bonchev–Trinajstić information content (AvgIpc) is 2.94. The smallest absolute Gasteiger partial charge is 0.258 e. The van der Waals surface area contributed by atoms with Gasteiger partial charge in [-0.3, -0.25) is 0 Å². The van der Waals surface area contributed by atoms with Crippen LogP contribution in [-0.2, 0) is 0 Å². The lowest BCUT2D eigenvalue weighted by molar-refractivity contribution is 0.286. The molecule has 0 fully saturated rings. The van der Waals surface area contributed by atoms with Crippen molar-refractivity contribution < 1.29 is 9.26 Å². The molecule has 0 aromatic carbocycles. The Bertz CT molecular complexity index is 463. The molecule has 0 saturated carbocycles. The second-order valence-electron chi connectivity index (χ2n) is 4.00. The predicted molar refractivity (Wildman–Crippen MR) is 68.5 cm³/mol. The topological polar surface area (TPSA) is 61.3 Å². The van der Waals surface area contributed by atoms with Crippen molar-refractivity contribution >= 4 is 11.3 Å². The van der Waals surface area contributed by atoms with Crippen LogP contribution < -0.4 is 10.5 Å². The van der Waals surface area contributed by atoms with Gasteiger partial charge in [-0.15, -0.1) is 11.3 Å². The van der Waals surface area contributed by atoms with Gasteiger partial charge in [0.05, 0.1) is 10.4 Å². The monoisotopic (exact) mass is 252 g/mol. The number of hydrogen-bond acceptors (Lipinski definition) is 5. The minimum absolute atomic E-state index is 0.297. The Labute approximate surface area is 104 Å². The molecule has 0 aliphatic carbocycles. The molecule has 0 amide bonds. The van der Waals surface area contributed by atoms with Gasteiger partial charge in [0.1, 0.15) is 6.61 Å². The van der Waals surface area contributed by atoms with E-state index in [1.165, 1.54) is 0 Å². The highest BCUT2D eigenvalue weighted by Crippen LogP contribution is 2.37. The molecule has 0 bridgehead atoms. The van der Waals surface area contributed by atoms with Crippen molar-refractivity contribution in [3.8, 4) is 16.5 Å². The summed E-state index contributed by atoms with van der Waals surface area (Å²) in [7, 11) is 0. The van der Waals surface area contributed by atoms with E-state index in [1.54, 1.807) is 11.3 Å². The number of hydrogen-bond donors (Lipinski definition) is 1. The molecule has 2 rings (SSSR count). The Morgan fingerprint density at radius 2 is 2.35 bits per heavy atom. The summed E-state index contributed by atoms with van der Waals surface area (Å²) in [5.41, 5.74) is 6.44. The van der Waals surface area contributed by atoms with Crippen molar-refractivity contribution in [3.05, 3.63) is 23.1 Å². The molecule has 4 nitrogen and oxygen atoms in total. The minimum atomic E-state index is 0.297. The van der Waals surface area contributed by atoms with Gasteiger partial charge in [-0.2, -0.15) is 0 Å². The van der Waals surface area contributed by atoms with Gasteiger partial charge in [-0.25, -0.2) is 0 Å². The molecule has 2 aromatic heterocycles. The molecule has 2 aromatic rings. The van der Waals surface area contributed by atoms with E-state index in [0.717, 1.165) is 16.2 Å². The van der Waals surface area contributed by atoms with E-state index < -0.39 is 0 Å². The van der Waals surface area contributed by atoms with Crippen LogP contribution in [0.4, 0.5) is 0 Å². The van der Waals surface area contributed by atoms with Crippen LogP contribution in [-0.4, -0.2) is 18.3 Å². The van der Waals surface area contributed by atoms with E-state index >= 15 is 0 Å². The summed E-state index contributed by atoms with van der Waals surface area (Å²) in [6, 6.07) is 4.01. The van der Waals surface area contributed by atoms with Gasteiger partial charge in [0.15, 0.2) is 5.76 Å². The maximum atomic E-state index is 5.50. The van der Waals surface area contributed by atoms with Gasteiger partial charge in [0, 0.05) is 6.54 Å². The molecule has 92 valence electrons. The Balaban J connectivity index is 2.36. The molecule has 0 aliphatic rings. The Kier molecular flexibility index (Phi) is 3.81. The largest absolute Gasteiger partial charge is 0.474 e. The van der Waals surface area contributed by atoms with E-state index in [-0.39, 0.29) is 0 Å². The molecule has 0 saturated heterocycles. The zero-order valence-electron chi connectivity index (χ0n) is 9.97. The highest BCUT2D eigenvalue weighted by molar-refractivity contribution is 7.13. The molecule has 2 heterocycles. The first kappa shape index (κ1) is 12.1. The lowest BCUT2D eigenvalue weighted by Gasteiger charge is -2.07. The predicted octanol–water partition coefficient (Wildman–Crippen LogP) is 2.86. The SMILES string of the molecule is CC(C)c1c(OCCN)noc1-c1cccs1. The van der Waals surface area contributed by atoms with Crippen LogP contribution in [0.3, 0.4) is 0 Å². The number of ether oxygens (including phenoxy) is 1. The zero-order valence-corrected chi connectivity index (χ0v) is 10.8. The standard InChI is InChI=1S/C12H16N2O2S/c1-8(2)10-11(9-4-3-7-17-9)16-14-12(10)15-6-5-13/h3-4,7-8H,5-6,13H2,1-2H3. The molecular weight excluding hydrogens is 236 g/mol. The van der Waals surface area contributed by atoms with Gasteiger partial charge < -0.3 is 15.0 Å². The molecule has 0 atom stereocenters. The van der Waals surface area contributed by atoms with E-state index in [9.17, 15) is 0 Å². The van der Waals surface area contributed by atoms with Crippen molar-refractivity contribution in [2.75, 3.05) is 13.2 Å². The van der Waals surface area contributed by atoms with E-state index in [0.29, 0.717) is 24.9 Å². The quantitative estimate of drug-likeness (QED) is 0.888. The van der Waals surface area contributed by atoms with Crippen molar-refractivity contribution in [2.45, 2.75) is 19.8 Å². The fraction of sp³-hybridized carbons (Fsp3) is 0.417. The highest BCUT2D eigenvalue weighted by Gasteiger charge is 2.22. The van der Waals surface area contributed by atoms with Gasteiger partial charge in [-0.1, -0.05) is 19.9 Å². The zero-order chi connectivity index (χ0) is 12.3. The second-order valence-corrected chi connectivity index (χ2v) is 4.95. The fourth-order valence-electron chi connectivity index (χ4n) is 1.64. The third-order valence-corrected chi connectivity index (χ3v) is 3.24. The van der Waals surface area contributed by atoms with Crippen molar-refractivity contribution in [1.82, 2.24) is 5.16 Å². The normalized spacial score (nSPS) is 11.1. The van der Waals surface area contributed by atoms with Crippen LogP contribution in [0.15, 0.2) is 22.0 Å². The molecule has 0 aliphatic heterocycles. The lowest BCUT2D eigenvalue weighted by Crippen LogP contribution is -2.11. The lowest BCUT2D eigenvalue weighted by atomic mass is 10.0. The van der Waals surface area contributed by atoms with Crippen LogP contribution in [0.2, 0.25) is 0 Å². The van der Waals surface area contributed by atoms with Crippen molar-refractivity contribution in [2.24, 2.45) is 5.73 Å². The van der Waals surface area contributed by atoms with Crippen molar-refractivity contribution in [1.29, 1.82) is 0 Å². The van der Waals surface area contributed by atoms with Gasteiger partial charge >= 0.3 is 0 Å². The van der Waals surface area contributed by atoms with Crippen LogP contribution >= 0.6 is 11.3 Å². The minimum Gasteiger partial charge on any atom is -0.474 e. The maximum Gasteiger partial charge on any atom is 0.258 e. The second kappa shape index (κ2) is 5.33. The molecular formula is C12H16N2O2S. The van der Waals surface area contributed by atoms with E-state index in [2.05, 4.69) is 19.0 Å². The summed E-state index contributed by atoms with van der Waals surface area (Å²) in [5.74, 6) is 1.67. The first-order valence-electron chi connectivity index (χ1n) is 5.60. The number of aromatic nitrogens is 1. The first-order chi connectivity index (χ1) is 8.24. The maximum absolute atomic E-state index is 5.50.